The number of benzene rings is 1. The molecule has 2 aromatic heterocycles. The van der Waals surface area contributed by atoms with Crippen LogP contribution in [-0.4, -0.2) is 34.6 Å². The molecule has 7 heteroatoms. The van der Waals surface area contributed by atoms with Gasteiger partial charge in [0.25, 0.3) is 11.5 Å². The van der Waals surface area contributed by atoms with E-state index in [9.17, 15) is 14.0 Å². The van der Waals surface area contributed by atoms with E-state index in [-0.39, 0.29) is 23.3 Å². The minimum atomic E-state index is -0.382. The van der Waals surface area contributed by atoms with Crippen molar-refractivity contribution in [3.63, 3.8) is 0 Å². The molecule has 0 atom stereocenters. The van der Waals surface area contributed by atoms with Crippen LogP contribution in [0.15, 0.2) is 65.6 Å². The average Bonchev–Trinajstić information content (AvgIpc) is 2.75. The minimum absolute atomic E-state index is 0.0600. The zero-order valence-electron chi connectivity index (χ0n) is 16.7. The highest BCUT2D eigenvalue weighted by atomic mass is 19.1. The van der Waals surface area contributed by atoms with Crippen molar-refractivity contribution >= 4 is 11.7 Å². The fourth-order valence-corrected chi connectivity index (χ4v) is 3.65. The molecule has 1 aromatic carbocycles. The van der Waals surface area contributed by atoms with Gasteiger partial charge in [-0.25, -0.2) is 9.37 Å². The predicted molar refractivity (Wildman–Crippen MR) is 114 cm³/mol. The maximum atomic E-state index is 13.2. The third-order valence-corrected chi connectivity index (χ3v) is 5.31. The highest BCUT2D eigenvalue weighted by Crippen LogP contribution is 2.18. The van der Waals surface area contributed by atoms with Gasteiger partial charge in [-0.3, -0.25) is 14.2 Å². The Morgan fingerprint density at radius 1 is 1.07 bits per heavy atom. The Bertz CT molecular complexity index is 1100. The van der Waals surface area contributed by atoms with Crippen molar-refractivity contribution in [1.29, 1.82) is 0 Å². The van der Waals surface area contributed by atoms with E-state index in [1.165, 1.54) is 47.2 Å². The van der Waals surface area contributed by atoms with Crippen LogP contribution in [0.1, 0.15) is 28.9 Å². The van der Waals surface area contributed by atoms with Crippen LogP contribution < -0.4 is 15.8 Å². The quantitative estimate of drug-likeness (QED) is 0.723. The Morgan fingerprint density at radius 3 is 2.50 bits per heavy atom. The molecule has 3 heterocycles. The van der Waals surface area contributed by atoms with Gasteiger partial charge in [0.15, 0.2) is 0 Å². The number of amides is 1. The number of aromatic nitrogens is 2. The van der Waals surface area contributed by atoms with Crippen LogP contribution in [-0.2, 0) is 0 Å². The van der Waals surface area contributed by atoms with E-state index in [4.69, 9.17) is 0 Å². The zero-order chi connectivity index (χ0) is 21.1. The van der Waals surface area contributed by atoms with Crippen molar-refractivity contribution in [3.05, 3.63) is 88.2 Å². The molecular weight excluding hydrogens is 383 g/mol. The summed E-state index contributed by atoms with van der Waals surface area (Å²) in [6.07, 6.45) is 3.13. The third-order valence-electron chi connectivity index (χ3n) is 5.31. The fourth-order valence-electron chi connectivity index (χ4n) is 3.65. The molecule has 1 saturated heterocycles. The molecule has 0 unspecified atom stereocenters. The van der Waals surface area contributed by atoms with Crippen LogP contribution >= 0.6 is 0 Å². The number of carbonyl (C=O) groups is 1. The number of carbonyl (C=O) groups excluding carboxylic acids is 1. The monoisotopic (exact) mass is 406 g/mol. The normalized spacial score (nSPS) is 14.5. The van der Waals surface area contributed by atoms with Gasteiger partial charge in [-0.2, -0.15) is 0 Å². The smallest absolute Gasteiger partial charge is 0.255 e. The van der Waals surface area contributed by atoms with Gasteiger partial charge in [-0.05, 0) is 62.2 Å². The molecule has 4 rings (SSSR count). The molecule has 6 nitrogen and oxygen atoms in total. The number of hydrogen-bond acceptors (Lipinski definition) is 4. The maximum absolute atomic E-state index is 13.2. The standard InChI is InChI=1S/C23H23FN4O2/c1-16-3-2-4-21(25-16)27-13-11-19(12-14-27)26-23(30)17-5-10-22(29)28(15-17)20-8-6-18(24)7-9-20/h2-10,15,19H,11-14H2,1H3,(H,26,30). The van der Waals surface area contributed by atoms with Gasteiger partial charge >= 0.3 is 0 Å². The summed E-state index contributed by atoms with van der Waals surface area (Å²) in [6.45, 7) is 3.61. The number of hydrogen-bond donors (Lipinski definition) is 1. The third kappa shape index (κ3) is 4.40. The number of halogens is 1. The number of nitrogens with one attached hydrogen (secondary N) is 1. The topological polar surface area (TPSA) is 67.2 Å². The van der Waals surface area contributed by atoms with Crippen LogP contribution in [0.2, 0.25) is 0 Å². The molecule has 0 aliphatic carbocycles. The molecule has 0 radical (unpaired) electrons. The Hall–Kier alpha value is -3.48. The molecule has 1 aliphatic heterocycles. The molecule has 1 aliphatic rings. The highest BCUT2D eigenvalue weighted by Gasteiger charge is 2.22. The van der Waals surface area contributed by atoms with E-state index in [1.807, 2.05) is 25.1 Å². The van der Waals surface area contributed by atoms with Gasteiger partial charge in [-0.15, -0.1) is 0 Å². The van der Waals surface area contributed by atoms with Gasteiger partial charge in [0.2, 0.25) is 0 Å². The van der Waals surface area contributed by atoms with Gasteiger partial charge in [0.1, 0.15) is 11.6 Å². The molecule has 0 saturated carbocycles. The molecule has 30 heavy (non-hydrogen) atoms. The first-order chi connectivity index (χ1) is 14.5. The summed E-state index contributed by atoms with van der Waals surface area (Å²) in [5.41, 5.74) is 1.60. The van der Waals surface area contributed by atoms with Crippen molar-refractivity contribution in [2.75, 3.05) is 18.0 Å². The molecule has 1 fully saturated rings. The first kappa shape index (κ1) is 19.8. The van der Waals surface area contributed by atoms with Crippen LogP contribution in [0.3, 0.4) is 0 Å². The summed E-state index contributed by atoms with van der Waals surface area (Å²) in [6, 6.07) is 14.5. The van der Waals surface area contributed by atoms with Crippen molar-refractivity contribution < 1.29 is 9.18 Å². The summed E-state index contributed by atoms with van der Waals surface area (Å²) in [5, 5.41) is 3.06. The van der Waals surface area contributed by atoms with Gasteiger partial charge in [0.05, 0.1) is 5.56 Å². The van der Waals surface area contributed by atoms with Crippen molar-refractivity contribution in [1.82, 2.24) is 14.9 Å². The van der Waals surface area contributed by atoms with Gasteiger partial charge < -0.3 is 10.2 Å². The van der Waals surface area contributed by atoms with Crippen molar-refractivity contribution in [2.24, 2.45) is 0 Å². The van der Waals surface area contributed by atoms with E-state index in [1.54, 1.807) is 0 Å². The lowest BCUT2D eigenvalue weighted by Crippen LogP contribution is -2.45. The van der Waals surface area contributed by atoms with Crippen molar-refractivity contribution in [3.8, 4) is 5.69 Å². The van der Waals surface area contributed by atoms with Crippen LogP contribution in [0, 0.1) is 12.7 Å². The Morgan fingerprint density at radius 2 is 1.80 bits per heavy atom. The molecular formula is C23H23FN4O2. The molecule has 1 N–H and O–H groups in total. The van der Waals surface area contributed by atoms with E-state index in [0.717, 1.165) is 37.4 Å². The Labute approximate surface area is 174 Å². The zero-order valence-corrected chi connectivity index (χ0v) is 16.7. The second kappa shape index (κ2) is 8.49. The Balaban J connectivity index is 1.42. The lowest BCUT2D eigenvalue weighted by molar-refractivity contribution is 0.0930. The number of aryl methyl sites for hydroxylation is 1. The van der Waals surface area contributed by atoms with E-state index in [0.29, 0.717) is 11.3 Å². The SMILES string of the molecule is Cc1cccc(N2CCC(NC(=O)c3ccc(=O)n(-c4ccc(F)cc4)c3)CC2)n1. The second-order valence-electron chi connectivity index (χ2n) is 7.47. The highest BCUT2D eigenvalue weighted by molar-refractivity contribution is 5.94. The molecule has 1 amide bonds. The average molecular weight is 406 g/mol. The summed E-state index contributed by atoms with van der Waals surface area (Å²) in [5.74, 6) is 0.358. The van der Waals surface area contributed by atoms with Crippen LogP contribution in [0.5, 0.6) is 0 Å². The number of rotatable bonds is 4. The van der Waals surface area contributed by atoms with Crippen LogP contribution in [0.4, 0.5) is 10.2 Å². The molecule has 0 spiro atoms. The summed E-state index contributed by atoms with van der Waals surface area (Å²) >= 11 is 0. The van der Waals surface area contributed by atoms with E-state index >= 15 is 0 Å². The molecule has 154 valence electrons. The van der Waals surface area contributed by atoms with Gasteiger partial charge in [0, 0.05) is 42.8 Å². The predicted octanol–water partition coefficient (Wildman–Crippen LogP) is 3.08. The lowest BCUT2D eigenvalue weighted by Gasteiger charge is -2.33. The largest absolute Gasteiger partial charge is 0.356 e. The first-order valence-electron chi connectivity index (χ1n) is 9.98. The number of anilines is 1. The van der Waals surface area contributed by atoms with Crippen LogP contribution in [0.25, 0.3) is 5.69 Å². The van der Waals surface area contributed by atoms with E-state index < -0.39 is 0 Å². The summed E-state index contributed by atoms with van der Waals surface area (Å²) in [7, 11) is 0. The number of pyridine rings is 2. The summed E-state index contributed by atoms with van der Waals surface area (Å²) < 4.78 is 14.5. The maximum Gasteiger partial charge on any atom is 0.255 e. The summed E-state index contributed by atoms with van der Waals surface area (Å²) in [4.78, 5) is 31.7. The number of nitrogens with zero attached hydrogens (tertiary/aromatic N) is 3. The first-order valence-corrected chi connectivity index (χ1v) is 9.98. The van der Waals surface area contributed by atoms with Gasteiger partial charge in [-0.1, -0.05) is 6.07 Å². The van der Waals surface area contributed by atoms with Crippen molar-refractivity contribution in [2.45, 2.75) is 25.8 Å². The van der Waals surface area contributed by atoms with E-state index in [2.05, 4.69) is 15.2 Å². The molecule has 0 bridgehead atoms. The minimum Gasteiger partial charge on any atom is -0.356 e. The lowest BCUT2D eigenvalue weighted by atomic mass is 10.0. The fraction of sp³-hybridized carbons (Fsp3) is 0.261. The number of piperidine rings is 1. The second-order valence-corrected chi connectivity index (χ2v) is 7.47. The molecule has 3 aromatic rings. The Kier molecular flexibility index (Phi) is 5.61.